The number of para-hydroxylation sites is 2. The van der Waals surface area contributed by atoms with E-state index in [1.54, 1.807) is 0 Å². The standard InChI is InChI=1S/C45H28N4O/c1-3-12-30(13-4-1)43-46-44(31-14-5-2-6-15-31)48-45(47-43)32-24-27-36-35-16-7-9-19-38(35)49(39(36)28-32)33-25-22-29(23-26-33)34-18-11-21-41-42(34)37-17-8-10-20-40(37)50-41/h1-28H. The van der Waals surface area contributed by atoms with Gasteiger partial charge in [-0.2, -0.15) is 0 Å². The van der Waals surface area contributed by atoms with Crippen molar-refractivity contribution in [2.24, 2.45) is 0 Å². The number of benzene rings is 7. The van der Waals surface area contributed by atoms with Gasteiger partial charge >= 0.3 is 0 Å². The average Bonchev–Trinajstić information content (AvgIpc) is 3.74. The van der Waals surface area contributed by atoms with Crippen LogP contribution in [0.25, 0.3) is 94.7 Å². The SMILES string of the molecule is c1ccc(-c2nc(-c3ccccc3)nc(-c3ccc4c5ccccc5n(-c5ccc(-c6cccc7oc8ccccc8c67)cc5)c4c3)n2)cc1. The third-order valence-corrected chi connectivity index (χ3v) is 9.47. The van der Waals surface area contributed by atoms with E-state index in [4.69, 9.17) is 19.4 Å². The highest BCUT2D eigenvalue weighted by Crippen LogP contribution is 2.38. The first-order valence-electron chi connectivity index (χ1n) is 16.7. The van der Waals surface area contributed by atoms with Gasteiger partial charge in [0.2, 0.25) is 0 Å². The van der Waals surface area contributed by atoms with E-state index in [1.807, 2.05) is 78.9 Å². The Labute approximate surface area is 287 Å². The molecule has 5 nitrogen and oxygen atoms in total. The molecule has 0 spiro atoms. The third-order valence-electron chi connectivity index (χ3n) is 9.47. The zero-order chi connectivity index (χ0) is 33.0. The fourth-order valence-electron chi connectivity index (χ4n) is 7.13. The van der Waals surface area contributed by atoms with Gasteiger partial charge in [-0.05, 0) is 47.5 Å². The van der Waals surface area contributed by atoms with Crippen molar-refractivity contribution in [1.82, 2.24) is 19.5 Å². The average molecular weight is 641 g/mol. The van der Waals surface area contributed by atoms with Gasteiger partial charge < -0.3 is 8.98 Å². The maximum atomic E-state index is 6.19. The van der Waals surface area contributed by atoms with Crippen molar-refractivity contribution >= 4 is 43.7 Å². The fourth-order valence-corrected chi connectivity index (χ4v) is 7.13. The molecule has 0 aliphatic heterocycles. The van der Waals surface area contributed by atoms with Crippen LogP contribution in [0.4, 0.5) is 0 Å². The quantitative estimate of drug-likeness (QED) is 0.188. The van der Waals surface area contributed by atoms with Gasteiger partial charge in [-0.25, -0.2) is 15.0 Å². The summed E-state index contributed by atoms with van der Waals surface area (Å²) in [6.07, 6.45) is 0. The van der Waals surface area contributed by atoms with E-state index in [0.717, 1.165) is 66.5 Å². The zero-order valence-electron chi connectivity index (χ0n) is 26.9. The molecule has 7 aromatic carbocycles. The van der Waals surface area contributed by atoms with E-state index in [-0.39, 0.29) is 0 Å². The predicted octanol–water partition coefficient (Wildman–Crippen LogP) is 11.5. The second-order valence-electron chi connectivity index (χ2n) is 12.4. The molecule has 0 N–H and O–H groups in total. The van der Waals surface area contributed by atoms with Crippen molar-refractivity contribution < 1.29 is 4.42 Å². The van der Waals surface area contributed by atoms with Crippen LogP contribution in [0.1, 0.15) is 0 Å². The minimum atomic E-state index is 0.632. The minimum Gasteiger partial charge on any atom is -0.456 e. The number of hydrogen-bond acceptors (Lipinski definition) is 4. The molecule has 3 heterocycles. The van der Waals surface area contributed by atoms with Crippen LogP contribution in [0.3, 0.4) is 0 Å². The van der Waals surface area contributed by atoms with Gasteiger partial charge in [0.1, 0.15) is 11.2 Å². The molecule has 234 valence electrons. The van der Waals surface area contributed by atoms with Gasteiger partial charge in [-0.15, -0.1) is 0 Å². The summed E-state index contributed by atoms with van der Waals surface area (Å²) in [7, 11) is 0. The van der Waals surface area contributed by atoms with Crippen LogP contribution < -0.4 is 0 Å². The molecule has 0 fully saturated rings. The van der Waals surface area contributed by atoms with Crippen molar-refractivity contribution in [1.29, 1.82) is 0 Å². The summed E-state index contributed by atoms with van der Waals surface area (Å²) in [4.78, 5) is 14.9. The van der Waals surface area contributed by atoms with Crippen molar-refractivity contribution in [2.75, 3.05) is 0 Å². The second-order valence-corrected chi connectivity index (χ2v) is 12.4. The number of aromatic nitrogens is 4. The van der Waals surface area contributed by atoms with Gasteiger partial charge in [-0.1, -0.05) is 133 Å². The molecule has 50 heavy (non-hydrogen) atoms. The van der Waals surface area contributed by atoms with E-state index in [2.05, 4.69) is 95.6 Å². The second kappa shape index (κ2) is 11.4. The molecule has 0 bridgehead atoms. The Morgan fingerprint density at radius 1 is 0.380 bits per heavy atom. The fraction of sp³-hybridized carbons (Fsp3) is 0. The highest BCUT2D eigenvalue weighted by atomic mass is 16.3. The van der Waals surface area contributed by atoms with E-state index >= 15 is 0 Å². The summed E-state index contributed by atoms with van der Waals surface area (Å²) in [5, 5.41) is 4.63. The summed E-state index contributed by atoms with van der Waals surface area (Å²) < 4.78 is 8.52. The number of hydrogen-bond donors (Lipinski definition) is 0. The molecule has 0 aliphatic carbocycles. The monoisotopic (exact) mass is 640 g/mol. The van der Waals surface area contributed by atoms with Crippen LogP contribution in [0.15, 0.2) is 174 Å². The molecule has 10 aromatic rings. The van der Waals surface area contributed by atoms with Crippen molar-refractivity contribution in [3.8, 4) is 51.0 Å². The largest absolute Gasteiger partial charge is 0.456 e. The van der Waals surface area contributed by atoms with Crippen LogP contribution in [0.5, 0.6) is 0 Å². The Balaban J connectivity index is 1.14. The number of nitrogens with zero attached hydrogens (tertiary/aromatic N) is 4. The van der Waals surface area contributed by atoms with Gasteiger partial charge in [-0.3, -0.25) is 0 Å². The Morgan fingerprint density at radius 2 is 0.940 bits per heavy atom. The highest BCUT2D eigenvalue weighted by molar-refractivity contribution is 6.13. The molecule has 0 unspecified atom stereocenters. The van der Waals surface area contributed by atoms with Crippen LogP contribution in [0, 0.1) is 0 Å². The summed E-state index contributed by atoms with van der Waals surface area (Å²) in [5.74, 6) is 1.92. The smallest absolute Gasteiger partial charge is 0.164 e. The molecule has 0 saturated carbocycles. The molecule has 0 atom stereocenters. The highest BCUT2D eigenvalue weighted by Gasteiger charge is 2.17. The number of fused-ring (bicyclic) bond motifs is 6. The van der Waals surface area contributed by atoms with Crippen LogP contribution >= 0.6 is 0 Å². The molecular weight excluding hydrogens is 613 g/mol. The summed E-state index contributed by atoms with van der Waals surface area (Å²) in [6, 6.07) is 58.6. The van der Waals surface area contributed by atoms with Crippen LogP contribution in [-0.4, -0.2) is 19.5 Å². The first-order chi connectivity index (χ1) is 24.8. The molecule has 0 amide bonds. The van der Waals surface area contributed by atoms with Crippen LogP contribution in [-0.2, 0) is 0 Å². The normalized spacial score (nSPS) is 11.6. The first kappa shape index (κ1) is 28.2. The minimum absolute atomic E-state index is 0.632. The summed E-state index contributed by atoms with van der Waals surface area (Å²) in [6.45, 7) is 0. The first-order valence-corrected chi connectivity index (χ1v) is 16.7. The lowest BCUT2D eigenvalue weighted by molar-refractivity contribution is 0.669. The van der Waals surface area contributed by atoms with E-state index < -0.39 is 0 Å². The maximum absolute atomic E-state index is 6.19. The predicted molar refractivity (Wildman–Crippen MR) is 203 cm³/mol. The molecule has 0 saturated heterocycles. The Morgan fingerprint density at radius 3 is 1.66 bits per heavy atom. The molecular formula is C45H28N4O. The third kappa shape index (κ3) is 4.60. The van der Waals surface area contributed by atoms with E-state index in [1.165, 1.54) is 10.8 Å². The van der Waals surface area contributed by atoms with Crippen LogP contribution in [0.2, 0.25) is 0 Å². The van der Waals surface area contributed by atoms with Crippen molar-refractivity contribution in [3.05, 3.63) is 170 Å². The number of rotatable bonds is 5. The summed E-state index contributed by atoms with van der Waals surface area (Å²) in [5.41, 5.74) is 10.2. The van der Waals surface area contributed by atoms with Crippen molar-refractivity contribution in [3.63, 3.8) is 0 Å². The van der Waals surface area contributed by atoms with E-state index in [9.17, 15) is 0 Å². The van der Waals surface area contributed by atoms with Gasteiger partial charge in [0.05, 0.1) is 11.0 Å². The van der Waals surface area contributed by atoms with Gasteiger partial charge in [0.25, 0.3) is 0 Å². The lowest BCUT2D eigenvalue weighted by Gasteiger charge is -2.11. The molecule has 3 aromatic heterocycles. The number of furan rings is 1. The Hall–Kier alpha value is -6.85. The Kier molecular flexibility index (Phi) is 6.42. The molecule has 10 rings (SSSR count). The lowest BCUT2D eigenvalue weighted by Crippen LogP contribution is -2.00. The lowest BCUT2D eigenvalue weighted by atomic mass is 9.99. The maximum Gasteiger partial charge on any atom is 0.164 e. The molecule has 0 aliphatic rings. The van der Waals surface area contributed by atoms with E-state index in [0.29, 0.717) is 17.5 Å². The molecule has 5 heteroatoms. The van der Waals surface area contributed by atoms with Crippen molar-refractivity contribution in [2.45, 2.75) is 0 Å². The summed E-state index contributed by atoms with van der Waals surface area (Å²) >= 11 is 0. The van der Waals surface area contributed by atoms with Gasteiger partial charge in [0, 0.05) is 43.9 Å². The zero-order valence-corrected chi connectivity index (χ0v) is 26.9. The Bertz CT molecular complexity index is 2800. The van der Waals surface area contributed by atoms with Gasteiger partial charge in [0.15, 0.2) is 17.5 Å². The topological polar surface area (TPSA) is 56.7 Å². The molecule has 0 radical (unpaired) electrons.